The second-order valence-electron chi connectivity index (χ2n) is 3.34. The Bertz CT molecular complexity index is 312. The molecule has 0 saturated heterocycles. The number of nitrogens with two attached hydrogens (primary N) is 1. The minimum Gasteiger partial charge on any atom is -0.329 e. The van der Waals surface area contributed by atoms with E-state index in [1.807, 2.05) is 12.1 Å². The zero-order valence-corrected chi connectivity index (χ0v) is 8.75. The van der Waals surface area contributed by atoms with Crippen molar-refractivity contribution in [2.24, 2.45) is 5.73 Å². The van der Waals surface area contributed by atoms with Crippen LogP contribution in [0.1, 0.15) is 18.0 Å². The molecule has 3 heteroatoms. The minimum absolute atomic E-state index is 0.119. The highest BCUT2D eigenvalue weighted by molar-refractivity contribution is 5.21. The van der Waals surface area contributed by atoms with Crippen LogP contribution in [0.5, 0.6) is 0 Å². The Labute approximate surface area is 90.0 Å². The van der Waals surface area contributed by atoms with E-state index >= 15 is 0 Å². The first kappa shape index (κ1) is 11.9. The van der Waals surface area contributed by atoms with Crippen LogP contribution in [0.3, 0.4) is 0 Å². The first-order valence-electron chi connectivity index (χ1n) is 5.08. The second kappa shape index (κ2) is 6.32. The summed E-state index contributed by atoms with van der Waals surface area (Å²) in [6, 6.07) is 6.58. The number of hydrogen-bond donors (Lipinski definition) is 2. The topological polar surface area (TPSA) is 38.0 Å². The van der Waals surface area contributed by atoms with E-state index in [1.54, 1.807) is 12.1 Å². The average molecular weight is 208 g/mol. The third-order valence-corrected chi connectivity index (χ3v) is 2.26. The molecule has 0 aliphatic carbocycles. The van der Waals surface area contributed by atoms with E-state index < -0.39 is 0 Å². The average Bonchev–Trinajstić information content (AvgIpc) is 2.26. The Morgan fingerprint density at radius 3 is 2.80 bits per heavy atom. The fourth-order valence-corrected chi connectivity index (χ4v) is 1.44. The summed E-state index contributed by atoms with van der Waals surface area (Å²) in [4.78, 5) is 0. The van der Waals surface area contributed by atoms with Gasteiger partial charge in [-0.15, -0.1) is 6.58 Å². The zero-order chi connectivity index (χ0) is 11.1. The van der Waals surface area contributed by atoms with Gasteiger partial charge in [0, 0.05) is 18.2 Å². The van der Waals surface area contributed by atoms with Crippen LogP contribution in [0, 0.1) is 5.82 Å². The highest BCUT2D eigenvalue weighted by Crippen LogP contribution is 2.15. The van der Waals surface area contributed by atoms with Gasteiger partial charge in [0.1, 0.15) is 5.82 Å². The van der Waals surface area contributed by atoms with E-state index in [9.17, 15) is 4.39 Å². The highest BCUT2D eigenvalue weighted by atomic mass is 19.1. The quantitative estimate of drug-likeness (QED) is 0.554. The number of nitrogens with one attached hydrogen (secondary N) is 1. The molecule has 1 atom stereocenters. The van der Waals surface area contributed by atoms with Gasteiger partial charge in [-0.05, 0) is 19.0 Å². The van der Waals surface area contributed by atoms with Crippen LogP contribution in [-0.2, 0) is 0 Å². The van der Waals surface area contributed by atoms with Crippen molar-refractivity contribution < 1.29 is 4.39 Å². The van der Waals surface area contributed by atoms with Gasteiger partial charge in [-0.1, -0.05) is 24.3 Å². The largest absolute Gasteiger partial charge is 0.329 e. The van der Waals surface area contributed by atoms with Crippen LogP contribution < -0.4 is 11.1 Å². The predicted octanol–water partition coefficient (Wildman–Crippen LogP) is 1.99. The number of rotatable bonds is 6. The Morgan fingerprint density at radius 1 is 1.47 bits per heavy atom. The molecule has 82 valence electrons. The summed E-state index contributed by atoms with van der Waals surface area (Å²) >= 11 is 0. The molecule has 1 unspecified atom stereocenters. The monoisotopic (exact) mass is 208 g/mol. The Kier molecular flexibility index (Phi) is 5.01. The number of halogens is 1. The molecule has 0 aromatic heterocycles. The minimum atomic E-state index is -0.209. The van der Waals surface area contributed by atoms with Gasteiger partial charge in [0.2, 0.25) is 0 Å². The van der Waals surface area contributed by atoms with E-state index in [0.717, 1.165) is 13.0 Å². The molecule has 1 aromatic rings. The molecule has 0 heterocycles. The molecule has 0 aliphatic heterocycles. The first-order chi connectivity index (χ1) is 7.29. The van der Waals surface area contributed by atoms with Crippen molar-refractivity contribution >= 4 is 0 Å². The van der Waals surface area contributed by atoms with Crippen LogP contribution >= 0.6 is 0 Å². The third-order valence-electron chi connectivity index (χ3n) is 2.26. The maximum absolute atomic E-state index is 13.4. The molecule has 1 rings (SSSR count). The zero-order valence-electron chi connectivity index (χ0n) is 8.75. The molecule has 0 saturated carbocycles. The van der Waals surface area contributed by atoms with Crippen LogP contribution in [-0.4, -0.2) is 13.1 Å². The molecule has 15 heavy (non-hydrogen) atoms. The van der Waals surface area contributed by atoms with Gasteiger partial charge in [0.05, 0.1) is 0 Å². The molecule has 3 N–H and O–H groups in total. The third kappa shape index (κ3) is 3.46. The molecule has 0 aliphatic rings. The van der Waals surface area contributed by atoms with E-state index in [0.29, 0.717) is 12.1 Å². The molecule has 0 fully saturated rings. The van der Waals surface area contributed by atoms with Gasteiger partial charge in [-0.3, -0.25) is 0 Å². The molecule has 0 spiro atoms. The second-order valence-corrected chi connectivity index (χ2v) is 3.34. The van der Waals surface area contributed by atoms with Gasteiger partial charge < -0.3 is 11.1 Å². The molecular formula is C12H17FN2. The summed E-state index contributed by atoms with van der Waals surface area (Å²) in [6.45, 7) is 4.78. The predicted molar refractivity (Wildman–Crippen MR) is 61.0 cm³/mol. The van der Waals surface area contributed by atoms with Gasteiger partial charge in [0.15, 0.2) is 0 Å². The summed E-state index contributed by atoms with van der Waals surface area (Å²) in [5, 5.41) is 3.19. The summed E-state index contributed by atoms with van der Waals surface area (Å²) in [5.41, 5.74) is 6.23. The van der Waals surface area contributed by atoms with E-state index in [4.69, 9.17) is 5.73 Å². The Hall–Kier alpha value is -1.19. The Balaban J connectivity index is 2.65. The highest BCUT2D eigenvalue weighted by Gasteiger charge is 2.11. The van der Waals surface area contributed by atoms with E-state index in [1.165, 1.54) is 6.07 Å². The SMILES string of the molecule is C=CCCNC(CN)c1ccccc1F. The maximum Gasteiger partial charge on any atom is 0.128 e. The lowest BCUT2D eigenvalue weighted by atomic mass is 10.1. The lowest BCUT2D eigenvalue weighted by Crippen LogP contribution is -2.29. The molecule has 2 nitrogen and oxygen atoms in total. The van der Waals surface area contributed by atoms with Crippen molar-refractivity contribution in [2.45, 2.75) is 12.5 Å². The van der Waals surface area contributed by atoms with Gasteiger partial charge in [0.25, 0.3) is 0 Å². The maximum atomic E-state index is 13.4. The lowest BCUT2D eigenvalue weighted by Gasteiger charge is -2.17. The van der Waals surface area contributed by atoms with E-state index in [-0.39, 0.29) is 11.9 Å². The summed E-state index contributed by atoms with van der Waals surface area (Å²) in [5.74, 6) is -0.209. The van der Waals surface area contributed by atoms with Crippen molar-refractivity contribution in [3.8, 4) is 0 Å². The Morgan fingerprint density at radius 2 is 2.20 bits per heavy atom. The molecular weight excluding hydrogens is 191 g/mol. The lowest BCUT2D eigenvalue weighted by molar-refractivity contribution is 0.511. The van der Waals surface area contributed by atoms with Crippen molar-refractivity contribution in [3.05, 3.63) is 48.3 Å². The van der Waals surface area contributed by atoms with Crippen molar-refractivity contribution in [1.29, 1.82) is 0 Å². The summed E-state index contributed by atoms with van der Waals surface area (Å²) < 4.78 is 13.4. The fraction of sp³-hybridized carbons (Fsp3) is 0.333. The first-order valence-corrected chi connectivity index (χ1v) is 5.08. The van der Waals surface area contributed by atoms with Crippen molar-refractivity contribution in [1.82, 2.24) is 5.32 Å². The standard InChI is InChI=1S/C12H17FN2/c1-2-3-8-15-12(9-14)10-6-4-5-7-11(10)13/h2,4-7,12,15H,1,3,8-9,14H2. The molecule has 0 amide bonds. The molecule has 1 aromatic carbocycles. The van der Waals surface area contributed by atoms with Gasteiger partial charge >= 0.3 is 0 Å². The van der Waals surface area contributed by atoms with Crippen LogP contribution in [0.25, 0.3) is 0 Å². The van der Waals surface area contributed by atoms with Crippen LogP contribution in [0.2, 0.25) is 0 Å². The summed E-state index contributed by atoms with van der Waals surface area (Å²) in [6.07, 6.45) is 2.67. The normalized spacial score (nSPS) is 12.4. The number of benzene rings is 1. The fourth-order valence-electron chi connectivity index (χ4n) is 1.44. The molecule has 0 radical (unpaired) electrons. The van der Waals surface area contributed by atoms with Crippen LogP contribution in [0.4, 0.5) is 4.39 Å². The van der Waals surface area contributed by atoms with Gasteiger partial charge in [-0.25, -0.2) is 4.39 Å². The van der Waals surface area contributed by atoms with Crippen molar-refractivity contribution in [3.63, 3.8) is 0 Å². The van der Waals surface area contributed by atoms with Crippen molar-refractivity contribution in [2.75, 3.05) is 13.1 Å². The summed E-state index contributed by atoms with van der Waals surface area (Å²) in [7, 11) is 0. The van der Waals surface area contributed by atoms with Crippen LogP contribution in [0.15, 0.2) is 36.9 Å². The molecule has 0 bridgehead atoms. The van der Waals surface area contributed by atoms with Gasteiger partial charge in [-0.2, -0.15) is 0 Å². The smallest absolute Gasteiger partial charge is 0.128 e. The van der Waals surface area contributed by atoms with E-state index in [2.05, 4.69) is 11.9 Å². The number of hydrogen-bond acceptors (Lipinski definition) is 2.